The molecule has 4 fully saturated rings. The van der Waals surface area contributed by atoms with Crippen molar-refractivity contribution in [3.8, 4) is 11.5 Å². The quantitative estimate of drug-likeness (QED) is 0.0389. The van der Waals surface area contributed by atoms with Gasteiger partial charge in [0.2, 0.25) is 11.8 Å². The van der Waals surface area contributed by atoms with Crippen LogP contribution in [0.4, 0.5) is 0 Å². The number of hydrogen-bond acceptors (Lipinski definition) is 8. The maximum absolute atomic E-state index is 13.4. The lowest BCUT2D eigenvalue weighted by Crippen LogP contribution is -2.46. The summed E-state index contributed by atoms with van der Waals surface area (Å²) in [6.07, 6.45) is 29.6. The van der Waals surface area contributed by atoms with Gasteiger partial charge in [0.25, 0.3) is 0 Å². The molecule has 0 aromatic heterocycles. The molecular formula is C74H108N2O8. The van der Waals surface area contributed by atoms with Gasteiger partial charge in [-0.3, -0.25) is 19.2 Å². The highest BCUT2D eigenvalue weighted by Crippen LogP contribution is 2.38. The first-order chi connectivity index (χ1) is 40.4. The third-order valence-corrected chi connectivity index (χ3v) is 18.9. The molecule has 0 saturated heterocycles. The molecule has 0 spiro atoms. The molecule has 0 heterocycles. The molecule has 4 saturated carbocycles. The average Bonchev–Trinajstić information content (AvgIpc) is 3.51. The lowest BCUT2D eigenvalue weighted by Gasteiger charge is -2.34. The number of Topliss-reactive ketones (excluding diaryl/α,β-unsaturated/α-hetero) is 2. The van der Waals surface area contributed by atoms with Gasteiger partial charge in [-0.1, -0.05) is 219 Å². The number of aryl methyl sites for hydroxylation is 2. The van der Waals surface area contributed by atoms with Crippen LogP contribution >= 0.6 is 0 Å². The Labute approximate surface area is 506 Å². The Morgan fingerprint density at radius 3 is 1.36 bits per heavy atom. The maximum Gasteiger partial charge on any atom is 0.223 e. The Balaban J connectivity index is 0.000000267. The lowest BCUT2D eigenvalue weighted by molar-refractivity contribution is -0.126. The summed E-state index contributed by atoms with van der Waals surface area (Å²) in [6.45, 7) is 4.62. The Hall–Kier alpha value is -5.32. The molecule has 0 aliphatic heterocycles. The maximum atomic E-state index is 13.4. The number of amides is 2. The van der Waals surface area contributed by atoms with Gasteiger partial charge >= 0.3 is 0 Å². The number of carbonyl (C=O) groups excluding carboxylic acids is 4. The molecule has 4 aromatic rings. The second-order valence-corrected chi connectivity index (χ2v) is 25.6. The highest BCUT2D eigenvalue weighted by Gasteiger charge is 2.34. The topological polar surface area (TPSA) is 151 Å². The minimum Gasteiger partial charge on any atom is -0.493 e. The summed E-state index contributed by atoms with van der Waals surface area (Å²) in [5.74, 6) is 4.05. The summed E-state index contributed by atoms with van der Waals surface area (Å²) in [4.78, 5) is 52.8. The second kappa shape index (κ2) is 38.0. The van der Waals surface area contributed by atoms with Gasteiger partial charge in [0.05, 0.1) is 50.3 Å². The number of aliphatic hydroxyl groups is 2. The number of aliphatic hydroxyl groups excluding tert-OH is 2. The predicted octanol–water partition coefficient (Wildman–Crippen LogP) is 15.8. The molecule has 10 nitrogen and oxygen atoms in total. The lowest BCUT2D eigenvalue weighted by atomic mass is 9.72. The van der Waals surface area contributed by atoms with Crippen molar-refractivity contribution in [2.45, 2.75) is 245 Å². The molecule has 0 unspecified atom stereocenters. The smallest absolute Gasteiger partial charge is 0.223 e. The fraction of sp³-hybridized carbons (Fsp3) is 0.622. The Morgan fingerprint density at radius 2 is 0.905 bits per heavy atom. The van der Waals surface area contributed by atoms with Crippen LogP contribution in [0, 0.1) is 49.4 Å². The van der Waals surface area contributed by atoms with Crippen LogP contribution in [0.15, 0.2) is 109 Å². The Bertz CT molecular complexity index is 2440. The monoisotopic (exact) mass is 1150 g/mol. The fourth-order valence-corrected chi connectivity index (χ4v) is 13.9. The van der Waals surface area contributed by atoms with Crippen molar-refractivity contribution in [1.82, 2.24) is 10.6 Å². The molecule has 4 aromatic carbocycles. The molecule has 4 N–H and O–H groups in total. The highest BCUT2D eigenvalue weighted by molar-refractivity contribution is 5.82. The fourth-order valence-electron chi connectivity index (χ4n) is 13.9. The van der Waals surface area contributed by atoms with Crippen LogP contribution in [-0.2, 0) is 32.0 Å². The van der Waals surface area contributed by atoms with Crippen molar-refractivity contribution in [3.63, 3.8) is 0 Å². The number of benzene rings is 4. The molecule has 10 heteroatoms. The first kappa shape index (κ1) is 67.8. The third kappa shape index (κ3) is 24.9. The number of nitrogens with one attached hydrogen (secondary N) is 2. The van der Waals surface area contributed by atoms with E-state index in [2.05, 4.69) is 10.6 Å². The molecule has 462 valence electrons. The SMILES string of the molecule is C.Cc1ccc(OCCC(=O)N[C@@H](Cc2ccccc2)[C@@H](O)C[C@@H](CC(=O)C2CCCCC2)C2CCCCC2)cc1.Cc1ccc(OCCC(=O)N[C@@H](Cc2ccccc2)[C@@H](O)C[C@H](CCCC2CCCCC2)CC(=O)C2CCCCC2)cc1. The van der Waals surface area contributed by atoms with Gasteiger partial charge in [-0.05, 0) is 131 Å². The van der Waals surface area contributed by atoms with Gasteiger partial charge in [0.1, 0.15) is 23.1 Å². The standard InChI is InChI=1S/C38H55NO4.C35H49NO4.CH4/c1-29-20-22-34(23-21-29)43-25-24-38(42)39-35(26-31-14-7-3-8-15-31)37(41)28-32(17-11-16-30-12-5-2-6-13-30)27-36(40)33-18-9-4-10-19-33;1-26-17-19-31(20-18-26)40-22-21-35(39)36-32(23-27-11-5-2-6-12-27)34(38)25-30(28-13-7-3-8-14-28)24-33(37)29-15-9-4-10-16-29;/h3,7-8,14-15,20-23,30,32-33,35,37,41H,2,4-6,9-13,16-19,24-28H2,1H3,(H,39,42);2,5-6,11-12,17-20,28-30,32,34,38H,3-4,7-10,13-16,21-25H2,1H3,(H,36,39);1H4/t32-,35+,37+;30-,32+,34+;/m11./s1. The van der Waals surface area contributed by atoms with Gasteiger partial charge in [0.15, 0.2) is 0 Å². The van der Waals surface area contributed by atoms with Gasteiger partial charge < -0.3 is 30.3 Å². The molecule has 84 heavy (non-hydrogen) atoms. The van der Waals surface area contributed by atoms with E-state index in [-0.39, 0.29) is 69.0 Å². The van der Waals surface area contributed by atoms with Gasteiger partial charge in [-0.25, -0.2) is 0 Å². The van der Waals surface area contributed by atoms with E-state index in [0.29, 0.717) is 56.0 Å². The minimum atomic E-state index is -0.721. The van der Waals surface area contributed by atoms with E-state index in [9.17, 15) is 29.4 Å². The average molecular weight is 1150 g/mol. The van der Waals surface area contributed by atoms with E-state index in [1.807, 2.05) is 123 Å². The normalized spacial score (nSPS) is 18.5. The number of ketones is 2. The molecule has 0 radical (unpaired) electrons. The molecule has 2 amide bonds. The van der Waals surface area contributed by atoms with Crippen molar-refractivity contribution < 1.29 is 38.9 Å². The van der Waals surface area contributed by atoms with Crippen LogP contribution in [0.3, 0.4) is 0 Å². The van der Waals surface area contributed by atoms with Crippen LogP contribution in [-0.4, -0.2) is 71.1 Å². The van der Waals surface area contributed by atoms with Crippen LogP contribution < -0.4 is 20.1 Å². The van der Waals surface area contributed by atoms with E-state index >= 15 is 0 Å². The zero-order valence-electron chi connectivity index (χ0n) is 50.8. The summed E-state index contributed by atoms with van der Waals surface area (Å²) in [5, 5.41) is 29.5. The van der Waals surface area contributed by atoms with Gasteiger partial charge in [0, 0.05) is 24.7 Å². The Kier molecular flexibility index (Phi) is 30.6. The van der Waals surface area contributed by atoms with Crippen molar-refractivity contribution in [1.29, 1.82) is 0 Å². The molecule has 6 atom stereocenters. The first-order valence-corrected chi connectivity index (χ1v) is 32.9. The highest BCUT2D eigenvalue weighted by atomic mass is 16.5. The van der Waals surface area contributed by atoms with E-state index in [4.69, 9.17) is 9.47 Å². The summed E-state index contributed by atoms with van der Waals surface area (Å²) in [7, 11) is 0. The van der Waals surface area contributed by atoms with E-state index in [1.54, 1.807) is 0 Å². The number of rotatable bonds is 31. The Morgan fingerprint density at radius 1 is 0.500 bits per heavy atom. The summed E-state index contributed by atoms with van der Waals surface area (Å²) < 4.78 is 11.6. The molecule has 8 rings (SSSR count). The number of hydrogen-bond donors (Lipinski definition) is 4. The van der Waals surface area contributed by atoms with Crippen molar-refractivity contribution in [2.75, 3.05) is 13.2 Å². The van der Waals surface area contributed by atoms with Gasteiger partial charge in [-0.2, -0.15) is 0 Å². The van der Waals surface area contributed by atoms with Crippen molar-refractivity contribution in [3.05, 3.63) is 131 Å². The van der Waals surface area contributed by atoms with Crippen molar-refractivity contribution in [2.24, 2.45) is 35.5 Å². The molecular weight excluding hydrogens is 1040 g/mol. The number of ether oxygens (including phenoxy) is 2. The van der Waals surface area contributed by atoms with E-state index in [1.165, 1.54) is 70.6 Å². The zero-order chi connectivity index (χ0) is 58.4. The first-order valence-electron chi connectivity index (χ1n) is 32.9. The predicted molar refractivity (Wildman–Crippen MR) is 341 cm³/mol. The molecule has 4 aliphatic carbocycles. The number of carbonyl (C=O) groups is 4. The van der Waals surface area contributed by atoms with E-state index < -0.39 is 24.3 Å². The molecule has 0 bridgehead atoms. The van der Waals surface area contributed by atoms with Crippen LogP contribution in [0.5, 0.6) is 11.5 Å². The van der Waals surface area contributed by atoms with Gasteiger partial charge in [-0.15, -0.1) is 0 Å². The minimum absolute atomic E-state index is 0. The van der Waals surface area contributed by atoms with E-state index in [0.717, 1.165) is 117 Å². The van der Waals surface area contributed by atoms with Crippen LogP contribution in [0.25, 0.3) is 0 Å². The third-order valence-electron chi connectivity index (χ3n) is 18.9. The summed E-state index contributed by atoms with van der Waals surface area (Å²) in [6, 6.07) is 34.9. The summed E-state index contributed by atoms with van der Waals surface area (Å²) >= 11 is 0. The van der Waals surface area contributed by atoms with Crippen LogP contribution in [0.1, 0.15) is 216 Å². The largest absolute Gasteiger partial charge is 0.493 e. The second-order valence-electron chi connectivity index (χ2n) is 25.6. The van der Waals surface area contributed by atoms with Crippen molar-refractivity contribution >= 4 is 23.4 Å². The summed E-state index contributed by atoms with van der Waals surface area (Å²) in [5.41, 5.74) is 4.48. The zero-order valence-corrected chi connectivity index (χ0v) is 50.8. The molecule has 4 aliphatic rings. The van der Waals surface area contributed by atoms with Crippen LogP contribution in [0.2, 0.25) is 0 Å².